The van der Waals surface area contributed by atoms with Crippen molar-refractivity contribution < 1.29 is 10.3 Å². The number of benzene rings is 1. The third kappa shape index (κ3) is 1.39. The normalized spacial score (nSPS) is 11.2. The van der Waals surface area contributed by atoms with Crippen LogP contribution in [0.15, 0.2) is 29.1 Å². The molecule has 2 N–H and O–H groups in total. The summed E-state index contributed by atoms with van der Waals surface area (Å²) < 4.78 is 0.701. The fourth-order valence-corrected chi connectivity index (χ4v) is 2.05. The number of hydrogen-bond donors (Lipinski definition) is 2. The van der Waals surface area contributed by atoms with Crippen LogP contribution in [0.3, 0.4) is 0 Å². The number of aromatic nitrogens is 3. The largest absolute Gasteiger partial charge is 0.491 e. The molecule has 3 rings (SSSR count). The number of hydrogen-bond acceptors (Lipinski definition) is 5. The first-order chi connectivity index (χ1) is 8.58. The second kappa shape index (κ2) is 3.58. The zero-order valence-electron chi connectivity index (χ0n) is 8.83. The maximum Gasteiger partial charge on any atom is 0.298 e. The van der Waals surface area contributed by atoms with Gasteiger partial charge in [-0.05, 0) is 24.3 Å². The van der Waals surface area contributed by atoms with E-state index in [1.54, 1.807) is 18.2 Å². The fourth-order valence-electron chi connectivity index (χ4n) is 1.86. The lowest BCUT2D eigenvalue weighted by atomic mass is 10.1. The monoisotopic (exact) mass is 263 g/mol. The first-order valence-corrected chi connectivity index (χ1v) is 5.35. The molecule has 2 heterocycles. The van der Waals surface area contributed by atoms with Gasteiger partial charge in [-0.3, -0.25) is 4.79 Å². The van der Waals surface area contributed by atoms with Crippen molar-refractivity contribution >= 4 is 22.5 Å². The summed E-state index contributed by atoms with van der Waals surface area (Å²) in [6.45, 7) is 0. The Balaban J connectivity index is 2.60. The highest BCUT2D eigenvalue weighted by molar-refractivity contribution is 6.31. The molecule has 1 aromatic carbocycles. The van der Waals surface area contributed by atoms with Crippen LogP contribution in [0.1, 0.15) is 0 Å². The summed E-state index contributed by atoms with van der Waals surface area (Å²) in [5, 5.41) is 27.2. The first-order valence-electron chi connectivity index (χ1n) is 4.98. The van der Waals surface area contributed by atoms with E-state index in [0.29, 0.717) is 20.7 Å². The lowest BCUT2D eigenvalue weighted by Gasteiger charge is -2.12. The summed E-state index contributed by atoms with van der Waals surface area (Å²) in [6.07, 6.45) is 0. The van der Waals surface area contributed by atoms with Crippen LogP contribution in [-0.2, 0) is 0 Å². The van der Waals surface area contributed by atoms with Crippen LogP contribution in [0.5, 0.6) is 5.88 Å². The quantitative estimate of drug-likeness (QED) is 0.474. The van der Waals surface area contributed by atoms with E-state index < -0.39 is 11.4 Å². The average molecular weight is 264 g/mol. The zero-order valence-corrected chi connectivity index (χ0v) is 9.59. The van der Waals surface area contributed by atoms with E-state index in [9.17, 15) is 15.1 Å². The van der Waals surface area contributed by atoms with Crippen molar-refractivity contribution in [3.63, 3.8) is 0 Å². The molecule has 0 saturated heterocycles. The molecule has 0 aromatic heterocycles. The molecule has 0 radical (unpaired) electrons. The Hall–Kier alpha value is -2.34. The second-order valence-corrected chi connectivity index (χ2v) is 4.19. The molecule has 0 atom stereocenters. The van der Waals surface area contributed by atoms with Gasteiger partial charge in [0.25, 0.3) is 11.4 Å². The number of halogens is 1. The molecule has 6 nitrogen and oxygen atoms in total. The van der Waals surface area contributed by atoms with E-state index >= 15 is 0 Å². The summed E-state index contributed by atoms with van der Waals surface area (Å²) in [6, 6.07) is 6.26. The minimum atomic E-state index is -0.632. The van der Waals surface area contributed by atoms with Gasteiger partial charge >= 0.3 is 0 Å². The lowest BCUT2D eigenvalue weighted by Crippen LogP contribution is -2.16. The maximum atomic E-state index is 11.6. The summed E-state index contributed by atoms with van der Waals surface area (Å²) in [4.78, 5) is 11.6. The first kappa shape index (κ1) is 10.8. The lowest BCUT2D eigenvalue weighted by molar-refractivity contribution is 0.199. The van der Waals surface area contributed by atoms with E-state index in [-0.39, 0.29) is 11.3 Å². The molecule has 90 valence electrons. The third-order valence-electron chi connectivity index (χ3n) is 2.66. The van der Waals surface area contributed by atoms with Gasteiger partial charge in [0.1, 0.15) is 0 Å². The summed E-state index contributed by atoms with van der Waals surface area (Å²) >= 11 is 5.85. The zero-order chi connectivity index (χ0) is 12.9. The van der Waals surface area contributed by atoms with Crippen LogP contribution < -0.4 is 5.56 Å². The molecule has 0 unspecified atom stereocenters. The minimum absolute atomic E-state index is 0.0692. The van der Waals surface area contributed by atoms with Gasteiger partial charge in [-0.2, -0.15) is 4.73 Å². The average Bonchev–Trinajstić information content (AvgIpc) is 2.33. The topological polar surface area (TPSA) is 88.2 Å². The van der Waals surface area contributed by atoms with E-state index in [1.165, 1.54) is 6.07 Å². The van der Waals surface area contributed by atoms with E-state index in [1.807, 2.05) is 0 Å². The molecule has 0 saturated carbocycles. The molecular formula is C11H6ClN3O3. The molecule has 1 aromatic rings. The molecule has 2 aliphatic heterocycles. The van der Waals surface area contributed by atoms with Crippen molar-refractivity contribution in [2.24, 2.45) is 0 Å². The van der Waals surface area contributed by atoms with Gasteiger partial charge in [-0.1, -0.05) is 11.6 Å². The highest BCUT2D eigenvalue weighted by Crippen LogP contribution is 2.30. The Kier molecular flexibility index (Phi) is 2.14. The van der Waals surface area contributed by atoms with Crippen molar-refractivity contribution in [1.29, 1.82) is 0 Å². The molecule has 2 aliphatic rings. The Morgan fingerprint density at radius 2 is 2.00 bits per heavy atom. The maximum absolute atomic E-state index is 11.6. The van der Waals surface area contributed by atoms with E-state index in [4.69, 9.17) is 11.6 Å². The second-order valence-electron chi connectivity index (χ2n) is 3.75. The number of aromatic hydroxyl groups is 1. The third-order valence-corrected chi connectivity index (χ3v) is 2.90. The van der Waals surface area contributed by atoms with Gasteiger partial charge in [0, 0.05) is 10.4 Å². The number of rotatable bonds is 0. The molecule has 0 bridgehead atoms. The van der Waals surface area contributed by atoms with Gasteiger partial charge in [0.15, 0.2) is 5.69 Å². The van der Waals surface area contributed by atoms with Crippen molar-refractivity contribution in [3.8, 4) is 17.1 Å². The van der Waals surface area contributed by atoms with Crippen LogP contribution >= 0.6 is 11.6 Å². The van der Waals surface area contributed by atoms with Gasteiger partial charge in [-0.15, -0.1) is 10.2 Å². The highest BCUT2D eigenvalue weighted by atomic mass is 35.5. The number of fused-ring (bicyclic) bond motifs is 2. The SMILES string of the molecule is O=c1nnc(O)c2n(O)c3ccc(Cl)cc3cc1-2. The summed E-state index contributed by atoms with van der Waals surface area (Å²) in [7, 11) is 0. The molecule has 18 heavy (non-hydrogen) atoms. The van der Waals surface area contributed by atoms with Crippen molar-refractivity contribution in [2.75, 3.05) is 0 Å². The predicted molar refractivity (Wildman–Crippen MR) is 64.3 cm³/mol. The van der Waals surface area contributed by atoms with Gasteiger partial charge < -0.3 is 10.3 Å². The van der Waals surface area contributed by atoms with Gasteiger partial charge in [-0.25, -0.2) is 0 Å². The van der Waals surface area contributed by atoms with E-state index in [0.717, 1.165) is 0 Å². The highest BCUT2D eigenvalue weighted by Gasteiger charge is 2.19. The molecule has 0 fully saturated rings. The van der Waals surface area contributed by atoms with Crippen molar-refractivity contribution in [2.45, 2.75) is 0 Å². The van der Waals surface area contributed by atoms with Crippen molar-refractivity contribution in [3.05, 3.63) is 39.6 Å². The van der Waals surface area contributed by atoms with E-state index in [2.05, 4.69) is 10.2 Å². The number of pyridine rings is 1. The smallest absolute Gasteiger partial charge is 0.298 e. The van der Waals surface area contributed by atoms with Crippen molar-refractivity contribution in [1.82, 2.24) is 14.9 Å². The number of nitrogens with zero attached hydrogens (tertiary/aromatic N) is 3. The molecular weight excluding hydrogens is 258 g/mol. The Labute approximate surface area is 105 Å². The molecule has 0 amide bonds. The Morgan fingerprint density at radius 3 is 2.78 bits per heavy atom. The van der Waals surface area contributed by atoms with Crippen LogP contribution in [0.2, 0.25) is 5.02 Å². The predicted octanol–water partition coefficient (Wildman–Crippen LogP) is 1.49. The van der Waals surface area contributed by atoms with Crippen LogP contribution in [0.25, 0.3) is 22.2 Å². The molecule has 0 spiro atoms. The molecule has 0 aliphatic carbocycles. The van der Waals surface area contributed by atoms with Crippen LogP contribution in [0, 0.1) is 0 Å². The Morgan fingerprint density at radius 1 is 1.22 bits per heavy atom. The van der Waals surface area contributed by atoms with Crippen LogP contribution in [-0.4, -0.2) is 25.2 Å². The fraction of sp³-hybridized carbons (Fsp3) is 0. The summed E-state index contributed by atoms with van der Waals surface area (Å²) in [5.74, 6) is -0.510. The van der Waals surface area contributed by atoms with Gasteiger partial charge in [0.2, 0.25) is 0 Å². The van der Waals surface area contributed by atoms with Crippen LogP contribution in [0.4, 0.5) is 0 Å². The standard InChI is InChI=1S/C11H6ClN3O3/c12-6-1-2-8-5(3-6)4-7-9(15(8)18)11(17)14-13-10(7)16/h1-4,17-18H. The Bertz CT molecular complexity index is 800. The molecule has 7 heteroatoms. The van der Waals surface area contributed by atoms with Gasteiger partial charge in [0.05, 0.1) is 11.1 Å². The summed E-state index contributed by atoms with van der Waals surface area (Å²) in [5.41, 5.74) is -0.244. The minimum Gasteiger partial charge on any atom is -0.491 e.